The third-order valence-corrected chi connectivity index (χ3v) is 4.33. The second kappa shape index (κ2) is 7.49. The van der Waals surface area contributed by atoms with Crippen LogP contribution >= 0.6 is 0 Å². The van der Waals surface area contributed by atoms with Gasteiger partial charge in [0, 0.05) is 18.6 Å². The van der Waals surface area contributed by atoms with Crippen molar-refractivity contribution < 1.29 is 0 Å². The molecule has 0 aliphatic heterocycles. The van der Waals surface area contributed by atoms with Gasteiger partial charge >= 0.3 is 0 Å². The Bertz CT molecular complexity index is 221. The van der Waals surface area contributed by atoms with E-state index in [9.17, 15) is 0 Å². The van der Waals surface area contributed by atoms with Gasteiger partial charge in [0.15, 0.2) is 0 Å². The molecule has 0 heterocycles. The Kier molecular flexibility index (Phi) is 5.97. The molecule has 2 saturated carbocycles. The van der Waals surface area contributed by atoms with Crippen LogP contribution in [0.25, 0.3) is 0 Å². The second-order valence-corrected chi connectivity index (χ2v) is 6.52. The van der Waals surface area contributed by atoms with Crippen molar-refractivity contribution >= 4 is 0 Å². The van der Waals surface area contributed by atoms with E-state index >= 15 is 0 Å². The zero-order chi connectivity index (χ0) is 12.8. The molecule has 0 aromatic heterocycles. The van der Waals surface area contributed by atoms with Gasteiger partial charge in [-0.15, -0.1) is 0 Å². The first-order valence-electron chi connectivity index (χ1n) is 8.27. The summed E-state index contributed by atoms with van der Waals surface area (Å²) in [4.78, 5) is 2.79. The van der Waals surface area contributed by atoms with Crippen LogP contribution in [0.4, 0.5) is 0 Å². The van der Waals surface area contributed by atoms with Crippen LogP contribution in [-0.2, 0) is 0 Å². The van der Waals surface area contributed by atoms with Crippen molar-refractivity contribution in [2.45, 2.75) is 77.3 Å². The summed E-state index contributed by atoms with van der Waals surface area (Å²) in [5.41, 5.74) is 0. The van der Waals surface area contributed by atoms with Crippen molar-refractivity contribution in [3.05, 3.63) is 0 Å². The van der Waals surface area contributed by atoms with Gasteiger partial charge in [-0.2, -0.15) is 0 Å². The first-order chi connectivity index (χ1) is 8.79. The molecule has 0 saturated heterocycles. The van der Waals surface area contributed by atoms with Gasteiger partial charge in [0.25, 0.3) is 0 Å². The lowest BCUT2D eigenvalue weighted by Gasteiger charge is -2.22. The lowest BCUT2D eigenvalue weighted by atomic mass is 10.1. The van der Waals surface area contributed by atoms with Gasteiger partial charge in [0.2, 0.25) is 0 Å². The fourth-order valence-corrected chi connectivity index (χ4v) is 2.75. The SMILES string of the molecule is CCCNC(C)CCCCN(CC1CC1)C1CC1. The van der Waals surface area contributed by atoms with Crippen LogP contribution in [-0.4, -0.2) is 36.6 Å². The highest BCUT2D eigenvalue weighted by Gasteiger charge is 2.32. The number of unbranched alkanes of at least 4 members (excludes halogenated alkanes) is 1. The van der Waals surface area contributed by atoms with E-state index in [0.29, 0.717) is 6.04 Å². The van der Waals surface area contributed by atoms with Crippen LogP contribution in [0.2, 0.25) is 0 Å². The summed E-state index contributed by atoms with van der Waals surface area (Å²) in [6, 6.07) is 1.68. The molecular formula is C16H32N2. The first-order valence-corrected chi connectivity index (χ1v) is 8.27. The lowest BCUT2D eigenvalue weighted by molar-refractivity contribution is 0.245. The molecule has 0 aromatic rings. The minimum Gasteiger partial charge on any atom is -0.314 e. The molecular weight excluding hydrogens is 220 g/mol. The lowest BCUT2D eigenvalue weighted by Crippen LogP contribution is -2.30. The van der Waals surface area contributed by atoms with Gasteiger partial charge in [-0.25, -0.2) is 0 Å². The molecule has 18 heavy (non-hydrogen) atoms. The summed E-state index contributed by atoms with van der Waals surface area (Å²) in [6.45, 7) is 8.52. The van der Waals surface area contributed by atoms with E-state index in [0.717, 1.165) is 12.0 Å². The van der Waals surface area contributed by atoms with Crippen LogP contribution in [0.3, 0.4) is 0 Å². The molecule has 106 valence electrons. The molecule has 1 N–H and O–H groups in total. The molecule has 2 aliphatic carbocycles. The normalized spacial score (nSPS) is 21.5. The largest absolute Gasteiger partial charge is 0.314 e. The van der Waals surface area contributed by atoms with Gasteiger partial charge in [-0.3, -0.25) is 0 Å². The zero-order valence-electron chi connectivity index (χ0n) is 12.5. The summed E-state index contributed by atoms with van der Waals surface area (Å²) >= 11 is 0. The average molecular weight is 252 g/mol. The molecule has 2 nitrogen and oxygen atoms in total. The van der Waals surface area contributed by atoms with Crippen molar-refractivity contribution in [1.29, 1.82) is 0 Å². The Balaban J connectivity index is 1.50. The van der Waals surface area contributed by atoms with Crippen LogP contribution in [0.1, 0.15) is 65.2 Å². The van der Waals surface area contributed by atoms with E-state index in [4.69, 9.17) is 0 Å². The zero-order valence-corrected chi connectivity index (χ0v) is 12.5. The number of hydrogen-bond donors (Lipinski definition) is 1. The highest BCUT2D eigenvalue weighted by atomic mass is 15.2. The third kappa shape index (κ3) is 5.71. The maximum atomic E-state index is 3.58. The van der Waals surface area contributed by atoms with Crippen LogP contribution in [0.5, 0.6) is 0 Å². The molecule has 2 fully saturated rings. The molecule has 0 amide bonds. The highest BCUT2D eigenvalue weighted by Crippen LogP contribution is 2.34. The minimum absolute atomic E-state index is 0.711. The highest BCUT2D eigenvalue weighted by molar-refractivity contribution is 4.88. The maximum absolute atomic E-state index is 3.58. The number of rotatable bonds is 11. The molecule has 1 atom stereocenters. The standard InChI is InChI=1S/C16H32N2/c1-3-11-17-14(2)6-4-5-12-18(16-9-10-16)13-15-7-8-15/h14-17H,3-13H2,1-2H3. The van der Waals surface area contributed by atoms with E-state index in [1.165, 1.54) is 71.0 Å². The van der Waals surface area contributed by atoms with Crippen LogP contribution in [0, 0.1) is 5.92 Å². The molecule has 0 aromatic carbocycles. The van der Waals surface area contributed by atoms with Gasteiger partial charge in [-0.1, -0.05) is 13.3 Å². The van der Waals surface area contributed by atoms with E-state index in [1.54, 1.807) is 0 Å². The second-order valence-electron chi connectivity index (χ2n) is 6.52. The molecule has 2 heteroatoms. The smallest absolute Gasteiger partial charge is 0.00965 e. The summed E-state index contributed by atoms with van der Waals surface area (Å²) in [5.74, 6) is 1.07. The van der Waals surface area contributed by atoms with Gasteiger partial charge < -0.3 is 10.2 Å². The average Bonchev–Trinajstić information content (AvgIpc) is 3.22. The van der Waals surface area contributed by atoms with Gasteiger partial charge in [0.1, 0.15) is 0 Å². The predicted molar refractivity (Wildman–Crippen MR) is 78.9 cm³/mol. The van der Waals surface area contributed by atoms with Crippen LogP contribution in [0.15, 0.2) is 0 Å². The summed E-state index contributed by atoms with van der Waals surface area (Å²) in [6.07, 6.45) is 11.3. The molecule has 0 spiro atoms. The molecule has 2 rings (SSSR count). The van der Waals surface area contributed by atoms with E-state index in [-0.39, 0.29) is 0 Å². The number of hydrogen-bond acceptors (Lipinski definition) is 2. The Morgan fingerprint density at radius 1 is 1.17 bits per heavy atom. The third-order valence-electron chi connectivity index (χ3n) is 4.33. The summed E-state index contributed by atoms with van der Waals surface area (Å²) in [7, 11) is 0. The fourth-order valence-electron chi connectivity index (χ4n) is 2.75. The number of nitrogens with one attached hydrogen (secondary N) is 1. The fraction of sp³-hybridized carbons (Fsp3) is 1.00. The van der Waals surface area contributed by atoms with Gasteiger partial charge in [0.05, 0.1) is 0 Å². The van der Waals surface area contributed by atoms with Crippen LogP contribution < -0.4 is 5.32 Å². The van der Waals surface area contributed by atoms with Gasteiger partial charge in [-0.05, 0) is 70.9 Å². The Morgan fingerprint density at radius 3 is 2.56 bits per heavy atom. The quantitative estimate of drug-likeness (QED) is 0.567. The van der Waals surface area contributed by atoms with Crippen molar-refractivity contribution in [3.8, 4) is 0 Å². The molecule has 2 aliphatic rings. The summed E-state index contributed by atoms with van der Waals surface area (Å²) < 4.78 is 0. The van der Waals surface area contributed by atoms with Crippen molar-refractivity contribution in [1.82, 2.24) is 10.2 Å². The van der Waals surface area contributed by atoms with Crippen molar-refractivity contribution in [2.24, 2.45) is 5.92 Å². The Morgan fingerprint density at radius 2 is 1.94 bits per heavy atom. The Hall–Kier alpha value is -0.0800. The van der Waals surface area contributed by atoms with E-state index in [2.05, 4.69) is 24.1 Å². The number of nitrogens with zero attached hydrogens (tertiary/aromatic N) is 1. The molecule has 1 unspecified atom stereocenters. The summed E-state index contributed by atoms with van der Waals surface area (Å²) in [5, 5.41) is 3.58. The molecule has 0 bridgehead atoms. The minimum atomic E-state index is 0.711. The predicted octanol–water partition coefficient (Wildman–Crippen LogP) is 3.42. The van der Waals surface area contributed by atoms with E-state index in [1.807, 2.05) is 0 Å². The van der Waals surface area contributed by atoms with Crippen molar-refractivity contribution in [3.63, 3.8) is 0 Å². The topological polar surface area (TPSA) is 15.3 Å². The van der Waals surface area contributed by atoms with E-state index < -0.39 is 0 Å². The monoisotopic (exact) mass is 252 g/mol. The van der Waals surface area contributed by atoms with Crippen molar-refractivity contribution in [2.75, 3.05) is 19.6 Å². The maximum Gasteiger partial charge on any atom is 0.00965 e. The first kappa shape index (κ1) is 14.3. The molecule has 0 radical (unpaired) electrons. The Labute approximate surface area is 114 Å².